The van der Waals surface area contributed by atoms with Gasteiger partial charge >= 0.3 is 0 Å². The number of pyridine rings is 1. The molecule has 2 amide bonds. The summed E-state index contributed by atoms with van der Waals surface area (Å²) in [6.07, 6.45) is 6.52. The summed E-state index contributed by atoms with van der Waals surface area (Å²) in [5, 5.41) is 2.84. The molecule has 1 aromatic carbocycles. The molecule has 10 heteroatoms. The third kappa shape index (κ3) is 4.39. The molecule has 0 spiro atoms. The van der Waals surface area contributed by atoms with Crippen LogP contribution < -0.4 is 11.1 Å². The molecule has 0 fully saturated rings. The van der Waals surface area contributed by atoms with Gasteiger partial charge in [0.2, 0.25) is 0 Å². The number of nitrogens with one attached hydrogen (secondary N) is 1. The highest BCUT2D eigenvalue weighted by molar-refractivity contribution is 7.98. The number of carbonyl (C=O) groups excluding carboxylic acids is 2. The van der Waals surface area contributed by atoms with Crippen molar-refractivity contribution in [3.05, 3.63) is 96.5 Å². The van der Waals surface area contributed by atoms with Crippen LogP contribution in [-0.2, 0) is 5.75 Å². The fourth-order valence-electron chi connectivity index (χ4n) is 3.35. The number of benzene rings is 1. The Labute approximate surface area is 198 Å². The van der Waals surface area contributed by atoms with Gasteiger partial charge in [-0.15, -0.1) is 11.8 Å². The van der Waals surface area contributed by atoms with Crippen LogP contribution in [0, 0.1) is 0 Å². The van der Waals surface area contributed by atoms with Crippen molar-refractivity contribution in [2.45, 2.75) is 10.6 Å². The van der Waals surface area contributed by atoms with E-state index >= 15 is 0 Å². The van der Waals surface area contributed by atoms with Crippen molar-refractivity contribution >= 4 is 34.9 Å². The second kappa shape index (κ2) is 9.20. The molecule has 5 rings (SSSR count). The molecule has 0 atom stereocenters. The number of nitrogens with two attached hydrogens (primary N) is 1. The number of thioether (sulfide) groups is 1. The number of carbonyl (C=O) groups is 2. The van der Waals surface area contributed by atoms with Crippen LogP contribution in [0.3, 0.4) is 0 Å². The van der Waals surface area contributed by atoms with E-state index in [-0.39, 0.29) is 17.0 Å². The highest BCUT2D eigenvalue weighted by Gasteiger charge is 2.20. The van der Waals surface area contributed by atoms with E-state index in [4.69, 9.17) is 10.2 Å². The van der Waals surface area contributed by atoms with Gasteiger partial charge in [-0.25, -0.2) is 9.97 Å². The number of amides is 2. The zero-order valence-corrected chi connectivity index (χ0v) is 18.5. The number of hydrogen-bond donors (Lipinski definition) is 2. The van der Waals surface area contributed by atoms with Gasteiger partial charge < -0.3 is 15.5 Å². The highest BCUT2D eigenvalue weighted by Crippen LogP contribution is 2.26. The van der Waals surface area contributed by atoms with Crippen molar-refractivity contribution in [3.63, 3.8) is 0 Å². The van der Waals surface area contributed by atoms with Crippen LogP contribution in [0.1, 0.15) is 26.5 Å². The Morgan fingerprint density at radius 1 is 1.12 bits per heavy atom. The monoisotopic (exact) mass is 470 g/mol. The Kier molecular flexibility index (Phi) is 5.79. The Hall–Kier alpha value is -4.44. The fourth-order valence-corrected chi connectivity index (χ4v) is 4.19. The quantitative estimate of drug-likeness (QED) is 0.344. The Morgan fingerprint density at radius 3 is 2.68 bits per heavy atom. The molecule has 0 aliphatic rings. The summed E-state index contributed by atoms with van der Waals surface area (Å²) in [4.78, 5) is 38.4. The number of aromatic nitrogens is 4. The molecule has 0 aliphatic carbocycles. The van der Waals surface area contributed by atoms with Gasteiger partial charge in [-0.2, -0.15) is 0 Å². The van der Waals surface area contributed by atoms with Crippen molar-refractivity contribution in [3.8, 4) is 11.5 Å². The lowest BCUT2D eigenvalue weighted by molar-refractivity contribution is 0.0993. The molecule has 168 valence electrons. The summed E-state index contributed by atoms with van der Waals surface area (Å²) in [6.45, 7) is 0. The topological polar surface area (TPSA) is 128 Å². The molecule has 0 unspecified atom stereocenters. The molecule has 0 saturated heterocycles. The number of furan rings is 1. The van der Waals surface area contributed by atoms with E-state index in [2.05, 4.69) is 20.3 Å². The smallest absolute Gasteiger partial charge is 0.274 e. The van der Waals surface area contributed by atoms with Crippen LogP contribution in [0.25, 0.3) is 17.1 Å². The van der Waals surface area contributed by atoms with Gasteiger partial charge in [0.25, 0.3) is 11.8 Å². The predicted molar refractivity (Wildman–Crippen MR) is 127 cm³/mol. The van der Waals surface area contributed by atoms with E-state index in [1.165, 1.54) is 12.6 Å². The maximum Gasteiger partial charge on any atom is 0.274 e. The number of anilines is 1. The van der Waals surface area contributed by atoms with E-state index in [0.29, 0.717) is 17.1 Å². The van der Waals surface area contributed by atoms with Crippen molar-refractivity contribution in [1.29, 1.82) is 0 Å². The largest absolute Gasteiger partial charge is 0.463 e. The van der Waals surface area contributed by atoms with Gasteiger partial charge in [-0.3, -0.25) is 19.0 Å². The lowest BCUT2D eigenvalue weighted by Crippen LogP contribution is -2.17. The average molecular weight is 471 g/mol. The van der Waals surface area contributed by atoms with Crippen LogP contribution in [-0.4, -0.2) is 31.2 Å². The first-order valence-electron chi connectivity index (χ1n) is 10.2. The number of hydrogen-bond acceptors (Lipinski definition) is 7. The van der Waals surface area contributed by atoms with Crippen LogP contribution >= 0.6 is 11.8 Å². The van der Waals surface area contributed by atoms with Crippen LogP contribution in [0.2, 0.25) is 0 Å². The molecule has 34 heavy (non-hydrogen) atoms. The van der Waals surface area contributed by atoms with Crippen LogP contribution in [0.15, 0.2) is 88.9 Å². The molecule has 0 saturated carbocycles. The second-order valence-electron chi connectivity index (χ2n) is 7.28. The number of primary amides is 1. The van der Waals surface area contributed by atoms with Crippen LogP contribution in [0.4, 0.5) is 5.69 Å². The summed E-state index contributed by atoms with van der Waals surface area (Å²) in [5.41, 5.74) is 7.93. The molecule has 0 radical (unpaired) electrons. The molecule has 9 nitrogen and oxygen atoms in total. The van der Waals surface area contributed by atoms with Gasteiger partial charge in [0.1, 0.15) is 12.0 Å². The summed E-state index contributed by atoms with van der Waals surface area (Å²) < 4.78 is 7.05. The van der Waals surface area contributed by atoms with E-state index in [0.717, 1.165) is 16.2 Å². The molecule has 0 bridgehead atoms. The van der Waals surface area contributed by atoms with Crippen LogP contribution in [0.5, 0.6) is 0 Å². The average Bonchev–Trinajstić information content (AvgIpc) is 3.54. The predicted octanol–water partition coefficient (Wildman–Crippen LogP) is 4.03. The zero-order chi connectivity index (χ0) is 23.5. The highest BCUT2D eigenvalue weighted by atomic mass is 32.2. The van der Waals surface area contributed by atoms with E-state index < -0.39 is 11.8 Å². The zero-order valence-electron chi connectivity index (χ0n) is 17.7. The van der Waals surface area contributed by atoms with E-state index in [1.807, 2.05) is 42.6 Å². The minimum absolute atomic E-state index is 0.0301. The van der Waals surface area contributed by atoms with Gasteiger partial charge in [0, 0.05) is 28.7 Å². The molecule has 5 aromatic rings. The van der Waals surface area contributed by atoms with Gasteiger partial charge in [-0.1, -0.05) is 6.07 Å². The lowest BCUT2D eigenvalue weighted by atomic mass is 10.2. The third-order valence-electron chi connectivity index (χ3n) is 4.98. The first kappa shape index (κ1) is 21.4. The maximum atomic E-state index is 13.0. The SMILES string of the molecule is NC(=O)c1ncn2c(-c3ccco3)cc(C(=O)Nc3ccc(SCc4cccnc4)cc3)nc12. The maximum absolute atomic E-state index is 13.0. The standard InChI is InChI=1S/C24H18N6O3S/c25-22(31)21-23-29-18(11-19(30(23)14-27-21)20-4-2-10-33-20)24(32)28-16-5-7-17(8-6-16)34-13-15-3-1-9-26-12-15/h1-12,14H,13H2,(H2,25,31)(H,28,32). The molecule has 4 aromatic heterocycles. The first-order valence-corrected chi connectivity index (χ1v) is 11.2. The Morgan fingerprint density at radius 2 is 1.97 bits per heavy atom. The second-order valence-corrected chi connectivity index (χ2v) is 8.33. The van der Waals surface area contributed by atoms with Gasteiger partial charge in [0.15, 0.2) is 17.1 Å². The molecular weight excluding hydrogens is 452 g/mol. The number of imidazole rings is 1. The van der Waals surface area contributed by atoms with Crippen molar-refractivity contribution in [1.82, 2.24) is 19.4 Å². The lowest BCUT2D eigenvalue weighted by Gasteiger charge is -2.09. The van der Waals surface area contributed by atoms with E-state index in [1.54, 1.807) is 40.6 Å². The van der Waals surface area contributed by atoms with E-state index in [9.17, 15) is 9.59 Å². The Balaban J connectivity index is 1.38. The summed E-state index contributed by atoms with van der Waals surface area (Å²) in [7, 11) is 0. The fraction of sp³-hybridized carbons (Fsp3) is 0.0417. The van der Waals surface area contributed by atoms with Crippen molar-refractivity contribution < 1.29 is 14.0 Å². The summed E-state index contributed by atoms with van der Waals surface area (Å²) in [5.74, 6) is 0.108. The molecule has 0 aliphatic heterocycles. The van der Waals surface area contributed by atoms with Crippen molar-refractivity contribution in [2.24, 2.45) is 5.73 Å². The van der Waals surface area contributed by atoms with Crippen molar-refractivity contribution in [2.75, 3.05) is 5.32 Å². The number of fused-ring (bicyclic) bond motifs is 1. The van der Waals surface area contributed by atoms with Gasteiger partial charge in [-0.05, 0) is 54.1 Å². The molecular formula is C24H18N6O3S. The third-order valence-corrected chi connectivity index (χ3v) is 6.06. The van der Waals surface area contributed by atoms with Gasteiger partial charge in [0.05, 0.1) is 12.0 Å². The summed E-state index contributed by atoms with van der Waals surface area (Å²) >= 11 is 1.68. The minimum Gasteiger partial charge on any atom is -0.463 e. The molecule has 4 heterocycles. The Bertz CT molecular complexity index is 1460. The number of nitrogens with zero attached hydrogens (tertiary/aromatic N) is 4. The summed E-state index contributed by atoms with van der Waals surface area (Å²) in [6, 6.07) is 16.5. The normalized spacial score (nSPS) is 10.9. The molecule has 3 N–H and O–H groups in total. The number of rotatable bonds is 7. The minimum atomic E-state index is -0.739. The first-order chi connectivity index (χ1) is 16.6.